The van der Waals surface area contributed by atoms with Crippen LogP contribution in [-0.2, 0) is 0 Å². The molecule has 0 radical (unpaired) electrons. The number of ether oxygens (including phenoxy) is 1. The van der Waals surface area contributed by atoms with Crippen LogP contribution >= 0.6 is 0 Å². The first kappa shape index (κ1) is 10.8. The number of hydrogen-bond acceptors (Lipinski definition) is 1. The molecule has 0 aliphatic heterocycles. The molecule has 0 unspecified atom stereocenters. The Bertz CT molecular complexity index is 311. The largest absolute Gasteiger partial charge is 0.509 e. The number of benzene rings is 1. The molecule has 0 aliphatic rings. The molecule has 1 aromatic carbocycles. The number of rotatable bonds is 3. The summed E-state index contributed by atoms with van der Waals surface area (Å²) in [5, 5.41) is 0. The first-order chi connectivity index (χ1) is 6.39. The van der Waals surface area contributed by atoms with Crippen LogP contribution in [0.5, 0.6) is 5.75 Å². The third-order valence-electron chi connectivity index (χ3n) is 1.46. The number of halogens is 5. The van der Waals surface area contributed by atoms with E-state index in [9.17, 15) is 21.7 Å². The second-order valence-corrected chi connectivity index (χ2v) is 2.53. The predicted molar refractivity (Wildman–Crippen MR) is 41.8 cm³/mol. The quantitative estimate of drug-likeness (QED) is 0.550. The van der Waals surface area contributed by atoms with Crippen LogP contribution in [0.3, 0.4) is 0 Å². The molecule has 7 heteroatoms. The lowest BCUT2D eigenvalue weighted by molar-refractivity contribution is -0.0498. The second kappa shape index (κ2) is 3.85. The van der Waals surface area contributed by atoms with Crippen LogP contribution in [0.4, 0.5) is 21.7 Å². The smallest absolute Gasteiger partial charge is 0.445 e. The zero-order chi connectivity index (χ0) is 10.8. The van der Waals surface area contributed by atoms with Crippen molar-refractivity contribution in [2.75, 3.05) is 0 Å². The van der Waals surface area contributed by atoms with Gasteiger partial charge in [0.25, 0.3) is 0 Å². The van der Waals surface area contributed by atoms with Gasteiger partial charge in [0.15, 0.2) is 0 Å². The maximum absolute atomic E-state index is 12.1. The van der Waals surface area contributed by atoms with Crippen LogP contribution in [0.2, 0.25) is 0 Å². The third-order valence-corrected chi connectivity index (χ3v) is 1.46. The van der Waals surface area contributed by atoms with Crippen molar-refractivity contribution in [2.24, 2.45) is 0 Å². The van der Waals surface area contributed by atoms with Crippen molar-refractivity contribution >= 4 is 12.4 Å². The Balaban J connectivity index is 2.90. The summed E-state index contributed by atoms with van der Waals surface area (Å²) in [6.45, 7) is -8.30. The minimum Gasteiger partial charge on any atom is -0.445 e. The van der Waals surface area contributed by atoms with Gasteiger partial charge < -0.3 is 17.7 Å². The van der Waals surface area contributed by atoms with E-state index in [0.717, 1.165) is 18.2 Å². The van der Waals surface area contributed by atoms with E-state index < -0.39 is 24.8 Å². The second-order valence-electron chi connectivity index (χ2n) is 2.53. The Morgan fingerprint density at radius 2 is 1.79 bits per heavy atom. The summed E-state index contributed by atoms with van der Waals surface area (Å²) in [5.74, 6) is -0.489. The normalized spacial score (nSPS) is 11.9. The van der Waals surface area contributed by atoms with E-state index in [1.165, 1.54) is 0 Å². The highest BCUT2D eigenvalue weighted by Crippen LogP contribution is 2.16. The molecule has 0 spiro atoms. The van der Waals surface area contributed by atoms with E-state index in [4.69, 9.17) is 0 Å². The molecule has 0 aromatic heterocycles. The maximum Gasteiger partial charge on any atom is 0.509 e. The van der Waals surface area contributed by atoms with E-state index in [0.29, 0.717) is 6.07 Å². The summed E-state index contributed by atoms with van der Waals surface area (Å²) >= 11 is 0. The van der Waals surface area contributed by atoms with Crippen LogP contribution in [0.15, 0.2) is 24.3 Å². The SMILES string of the molecule is FC(F)Oc1cccc([B-](F)(F)F)c1. The van der Waals surface area contributed by atoms with E-state index >= 15 is 0 Å². The maximum atomic E-state index is 12.1. The van der Waals surface area contributed by atoms with Crippen LogP contribution in [-0.4, -0.2) is 13.6 Å². The average Bonchev–Trinajstić information content (AvgIpc) is 2.01. The molecule has 1 aromatic rings. The van der Waals surface area contributed by atoms with E-state index in [2.05, 4.69) is 4.74 Å². The van der Waals surface area contributed by atoms with Gasteiger partial charge in [0.05, 0.1) is 0 Å². The van der Waals surface area contributed by atoms with Gasteiger partial charge in [0.1, 0.15) is 5.75 Å². The van der Waals surface area contributed by atoms with Gasteiger partial charge in [-0.15, -0.1) is 5.46 Å². The van der Waals surface area contributed by atoms with E-state index in [1.807, 2.05) is 0 Å². The highest BCUT2D eigenvalue weighted by Gasteiger charge is 2.25. The zero-order valence-corrected chi connectivity index (χ0v) is 6.76. The first-order valence-electron chi connectivity index (χ1n) is 3.64. The minimum atomic E-state index is -5.18. The summed E-state index contributed by atoms with van der Waals surface area (Å²) in [7, 11) is 0. The highest BCUT2D eigenvalue weighted by molar-refractivity contribution is 6.73. The van der Waals surface area contributed by atoms with Crippen molar-refractivity contribution < 1.29 is 26.5 Å². The number of alkyl halides is 2. The molecular weight excluding hydrogens is 206 g/mol. The predicted octanol–water partition coefficient (Wildman–Crippen LogP) is 2.34. The Morgan fingerprint density at radius 3 is 2.29 bits per heavy atom. The van der Waals surface area contributed by atoms with Gasteiger partial charge in [0.2, 0.25) is 0 Å². The Labute approximate surface area is 76.5 Å². The molecule has 1 nitrogen and oxygen atoms in total. The van der Waals surface area contributed by atoms with E-state index in [1.54, 1.807) is 0 Å². The zero-order valence-electron chi connectivity index (χ0n) is 6.76. The van der Waals surface area contributed by atoms with Gasteiger partial charge in [0, 0.05) is 0 Å². The van der Waals surface area contributed by atoms with Gasteiger partial charge >= 0.3 is 13.6 Å². The lowest BCUT2D eigenvalue weighted by Crippen LogP contribution is -2.33. The standard InChI is InChI=1S/C7H5BF5O/c9-7(10)14-6-3-1-2-5(4-6)8(11,12)13/h1-4,7H/q-1. The molecule has 0 N–H and O–H groups in total. The summed E-state index contributed by atoms with van der Waals surface area (Å²) < 4.78 is 63.5. The molecule has 0 amide bonds. The van der Waals surface area contributed by atoms with Gasteiger partial charge in [-0.2, -0.15) is 8.78 Å². The van der Waals surface area contributed by atoms with Crippen LogP contribution in [0, 0.1) is 0 Å². The summed E-state index contributed by atoms with van der Waals surface area (Å²) in [6, 6.07) is 3.41. The lowest BCUT2D eigenvalue weighted by atomic mass is 9.80. The molecule has 0 fully saturated rings. The van der Waals surface area contributed by atoms with Crippen LogP contribution in [0.25, 0.3) is 0 Å². The fourth-order valence-corrected chi connectivity index (χ4v) is 0.894. The highest BCUT2D eigenvalue weighted by atomic mass is 19.4. The van der Waals surface area contributed by atoms with E-state index in [-0.39, 0.29) is 0 Å². The van der Waals surface area contributed by atoms with Crippen molar-refractivity contribution in [1.82, 2.24) is 0 Å². The monoisotopic (exact) mass is 211 g/mol. The lowest BCUT2D eigenvalue weighted by Gasteiger charge is -2.15. The van der Waals surface area contributed by atoms with Gasteiger partial charge in [-0.3, -0.25) is 0 Å². The molecule has 78 valence electrons. The molecular formula is C7H5BF5O-. The summed E-state index contributed by atoms with van der Waals surface area (Å²) in [5.41, 5.74) is -0.955. The van der Waals surface area contributed by atoms with Crippen molar-refractivity contribution in [2.45, 2.75) is 6.61 Å². The fraction of sp³-hybridized carbons (Fsp3) is 0.143. The van der Waals surface area contributed by atoms with Gasteiger partial charge in [-0.25, -0.2) is 0 Å². The fourth-order valence-electron chi connectivity index (χ4n) is 0.894. The molecule has 1 rings (SSSR count). The molecule has 0 bridgehead atoms. The molecule has 0 saturated carbocycles. The van der Waals surface area contributed by atoms with Crippen molar-refractivity contribution in [3.8, 4) is 5.75 Å². The van der Waals surface area contributed by atoms with Crippen LogP contribution < -0.4 is 10.2 Å². The summed E-state index contributed by atoms with van der Waals surface area (Å²) in [6.07, 6.45) is 0. The average molecular weight is 211 g/mol. The molecule has 0 saturated heterocycles. The molecule has 14 heavy (non-hydrogen) atoms. The van der Waals surface area contributed by atoms with Crippen molar-refractivity contribution in [3.05, 3.63) is 24.3 Å². The Hall–Kier alpha value is -1.27. The van der Waals surface area contributed by atoms with Crippen LogP contribution in [0.1, 0.15) is 0 Å². The Morgan fingerprint density at radius 1 is 1.14 bits per heavy atom. The van der Waals surface area contributed by atoms with Gasteiger partial charge in [-0.1, -0.05) is 12.1 Å². The van der Waals surface area contributed by atoms with Gasteiger partial charge in [-0.05, 0) is 12.1 Å². The van der Waals surface area contributed by atoms with Crippen molar-refractivity contribution in [3.63, 3.8) is 0 Å². The number of hydrogen-bond donors (Lipinski definition) is 0. The molecule has 0 atom stereocenters. The summed E-state index contributed by atoms with van der Waals surface area (Å²) in [4.78, 5) is 0. The third kappa shape index (κ3) is 2.90. The molecule has 0 aliphatic carbocycles. The van der Waals surface area contributed by atoms with Crippen molar-refractivity contribution in [1.29, 1.82) is 0 Å². The molecule has 0 heterocycles. The topological polar surface area (TPSA) is 9.23 Å². The Kier molecular flexibility index (Phi) is 2.98. The first-order valence-corrected chi connectivity index (χ1v) is 3.64. The minimum absolute atomic E-state index is 0.489.